The lowest BCUT2D eigenvalue weighted by molar-refractivity contribution is -0.132. The van der Waals surface area contributed by atoms with Crippen molar-refractivity contribution in [3.8, 4) is 0 Å². The van der Waals surface area contributed by atoms with Crippen molar-refractivity contribution in [3.05, 3.63) is 71.0 Å². The normalized spacial score (nSPS) is 14.3. The molecule has 4 N–H and O–H groups in total. The lowest BCUT2D eigenvalue weighted by Gasteiger charge is -2.24. The highest BCUT2D eigenvalue weighted by Crippen LogP contribution is 2.29. The van der Waals surface area contributed by atoms with Gasteiger partial charge in [-0.1, -0.05) is 36.4 Å². The molecule has 0 heterocycles. The second kappa shape index (κ2) is 12.7. The van der Waals surface area contributed by atoms with Crippen LogP contribution in [0.25, 0.3) is 0 Å². The molecule has 36 heavy (non-hydrogen) atoms. The van der Waals surface area contributed by atoms with Crippen LogP contribution in [0.15, 0.2) is 48.5 Å². The number of amides is 3. The summed E-state index contributed by atoms with van der Waals surface area (Å²) in [5, 5.41) is 15.3. The van der Waals surface area contributed by atoms with Crippen molar-refractivity contribution in [1.82, 2.24) is 16.0 Å². The summed E-state index contributed by atoms with van der Waals surface area (Å²) in [5.41, 5.74) is 2.53. The molecule has 1 aliphatic rings. The van der Waals surface area contributed by atoms with Gasteiger partial charge >= 0.3 is 0 Å². The minimum atomic E-state index is -1.06. The number of rotatable bonds is 13. The number of carbonyl (C=O) groups is 4. The maximum Gasteiger partial charge on any atom is 0.243 e. The summed E-state index contributed by atoms with van der Waals surface area (Å²) in [6.45, 7) is 2.02. The van der Waals surface area contributed by atoms with E-state index in [9.17, 15) is 23.6 Å². The molecule has 0 radical (unpaired) electrons. The Bertz CT molecular complexity index is 1120. The van der Waals surface area contributed by atoms with E-state index in [2.05, 4.69) is 16.0 Å². The number of hydrogen-bond acceptors (Lipinski definition) is 5. The number of hydrogen-bond donors (Lipinski definition) is 4. The van der Waals surface area contributed by atoms with Gasteiger partial charge in [0.15, 0.2) is 5.78 Å². The van der Waals surface area contributed by atoms with Crippen molar-refractivity contribution >= 4 is 29.7 Å². The summed E-state index contributed by atoms with van der Waals surface area (Å²) in [6, 6.07) is 11.2. The van der Waals surface area contributed by atoms with Crippen LogP contribution in [0.1, 0.15) is 42.4 Å². The first kappa shape index (κ1) is 26.7. The topological polar surface area (TPSA) is 128 Å². The molecule has 9 heteroatoms. The summed E-state index contributed by atoms with van der Waals surface area (Å²) >= 11 is 0. The molecule has 2 aromatic carbocycles. The van der Waals surface area contributed by atoms with Gasteiger partial charge in [-0.3, -0.25) is 19.2 Å². The van der Waals surface area contributed by atoms with Crippen LogP contribution >= 0.6 is 0 Å². The first-order valence-electron chi connectivity index (χ1n) is 12.0. The first-order chi connectivity index (χ1) is 17.3. The maximum absolute atomic E-state index is 13.3. The van der Waals surface area contributed by atoms with Crippen LogP contribution in [0.4, 0.5) is 4.39 Å². The Labute approximate surface area is 209 Å². The zero-order valence-corrected chi connectivity index (χ0v) is 20.2. The second-order valence-corrected chi connectivity index (χ2v) is 9.02. The smallest absolute Gasteiger partial charge is 0.243 e. The standard InChI is InChI=1S/C27H31FN4O4/c1-17-4-2-3-5-20(17)14-24(32-25(34)19-8-9-19)27(36)31-23(13-12-22(33)15-29)26(35)30-16-18-6-10-21(28)11-7-18/h2-7,10-11,15,19,23-24,29H,8-9,12-14,16H2,1H3,(H,30,35)(H,31,36)(H,32,34)/t23-,24-/m0/s1. The SMILES string of the molecule is Cc1ccccc1C[C@H](NC(=O)C1CC1)C(=O)N[C@@H](CCC(=O)C=N)C(=O)NCc1ccc(F)cc1. The van der Waals surface area contributed by atoms with Gasteiger partial charge in [0.25, 0.3) is 0 Å². The van der Waals surface area contributed by atoms with Gasteiger partial charge in [0, 0.05) is 25.3 Å². The number of carbonyl (C=O) groups excluding carboxylic acids is 4. The third-order valence-electron chi connectivity index (χ3n) is 6.12. The van der Waals surface area contributed by atoms with E-state index in [-0.39, 0.29) is 37.6 Å². The molecule has 8 nitrogen and oxygen atoms in total. The molecular formula is C27H31FN4O4. The Morgan fingerprint density at radius 2 is 1.69 bits per heavy atom. The zero-order chi connectivity index (χ0) is 26.1. The summed E-state index contributed by atoms with van der Waals surface area (Å²) in [4.78, 5) is 50.4. The van der Waals surface area contributed by atoms with Gasteiger partial charge in [0.1, 0.15) is 17.9 Å². The minimum absolute atomic E-state index is 0.0111. The number of halogens is 1. The molecular weight excluding hydrogens is 463 g/mol. The molecule has 0 aliphatic heterocycles. The van der Waals surface area contributed by atoms with Crippen LogP contribution in [0.2, 0.25) is 0 Å². The molecule has 0 saturated heterocycles. The highest BCUT2D eigenvalue weighted by Gasteiger charge is 2.34. The molecule has 2 aromatic rings. The monoisotopic (exact) mass is 494 g/mol. The highest BCUT2D eigenvalue weighted by molar-refractivity contribution is 6.26. The number of nitrogens with one attached hydrogen (secondary N) is 4. The second-order valence-electron chi connectivity index (χ2n) is 9.02. The van der Waals surface area contributed by atoms with Gasteiger partial charge < -0.3 is 21.4 Å². The third-order valence-corrected chi connectivity index (χ3v) is 6.12. The summed E-state index contributed by atoms with van der Waals surface area (Å²) in [5.74, 6) is -2.21. The fraction of sp³-hybridized carbons (Fsp3) is 0.370. The van der Waals surface area contributed by atoms with E-state index in [0.29, 0.717) is 11.8 Å². The van der Waals surface area contributed by atoms with E-state index < -0.39 is 35.5 Å². The van der Waals surface area contributed by atoms with E-state index in [1.807, 2.05) is 31.2 Å². The third kappa shape index (κ3) is 8.11. The van der Waals surface area contributed by atoms with Gasteiger partial charge in [-0.2, -0.15) is 0 Å². The quantitative estimate of drug-likeness (QED) is 0.319. The number of benzene rings is 2. The average Bonchev–Trinajstić information content (AvgIpc) is 3.72. The number of Topliss-reactive ketones (excluding diaryl/α,β-unsaturated/α-hetero) is 1. The van der Waals surface area contributed by atoms with Gasteiger partial charge in [0.2, 0.25) is 17.7 Å². The fourth-order valence-corrected chi connectivity index (χ4v) is 3.72. The molecule has 0 aromatic heterocycles. The Kier molecular flexibility index (Phi) is 9.44. The van der Waals surface area contributed by atoms with Crippen molar-refractivity contribution in [2.24, 2.45) is 5.92 Å². The largest absolute Gasteiger partial charge is 0.350 e. The van der Waals surface area contributed by atoms with Crippen LogP contribution in [-0.4, -0.2) is 41.8 Å². The molecule has 3 amide bonds. The van der Waals surface area contributed by atoms with Crippen LogP contribution in [0.3, 0.4) is 0 Å². The molecule has 0 bridgehead atoms. The Balaban J connectivity index is 1.72. The van der Waals surface area contributed by atoms with Gasteiger partial charge in [-0.25, -0.2) is 4.39 Å². The Morgan fingerprint density at radius 3 is 2.33 bits per heavy atom. The van der Waals surface area contributed by atoms with Crippen LogP contribution in [0, 0.1) is 24.1 Å². The predicted molar refractivity (Wildman–Crippen MR) is 133 cm³/mol. The molecule has 0 spiro atoms. The molecule has 1 fully saturated rings. The lowest BCUT2D eigenvalue weighted by atomic mass is 9.99. The average molecular weight is 495 g/mol. The molecule has 190 valence electrons. The maximum atomic E-state index is 13.3. The molecule has 3 rings (SSSR count). The number of aryl methyl sites for hydroxylation is 1. The van der Waals surface area contributed by atoms with E-state index in [1.165, 1.54) is 24.3 Å². The van der Waals surface area contributed by atoms with E-state index in [1.54, 1.807) is 0 Å². The van der Waals surface area contributed by atoms with E-state index in [4.69, 9.17) is 5.41 Å². The summed E-state index contributed by atoms with van der Waals surface area (Å²) in [6.07, 6.45) is 2.38. The van der Waals surface area contributed by atoms with Gasteiger partial charge in [-0.15, -0.1) is 0 Å². The number of ketones is 1. The lowest BCUT2D eigenvalue weighted by Crippen LogP contribution is -2.54. The van der Waals surface area contributed by atoms with Gasteiger partial charge in [-0.05, 0) is 55.0 Å². The zero-order valence-electron chi connectivity index (χ0n) is 20.2. The highest BCUT2D eigenvalue weighted by atomic mass is 19.1. The Morgan fingerprint density at radius 1 is 1.00 bits per heavy atom. The molecule has 2 atom stereocenters. The van der Waals surface area contributed by atoms with Crippen LogP contribution in [0.5, 0.6) is 0 Å². The van der Waals surface area contributed by atoms with E-state index >= 15 is 0 Å². The summed E-state index contributed by atoms with van der Waals surface area (Å²) in [7, 11) is 0. The summed E-state index contributed by atoms with van der Waals surface area (Å²) < 4.78 is 13.2. The van der Waals surface area contributed by atoms with Crippen LogP contribution < -0.4 is 16.0 Å². The fourth-order valence-electron chi connectivity index (χ4n) is 3.72. The van der Waals surface area contributed by atoms with Gasteiger partial charge in [0.05, 0.1) is 6.21 Å². The Hall–Kier alpha value is -3.88. The van der Waals surface area contributed by atoms with Crippen molar-refractivity contribution < 1.29 is 23.6 Å². The van der Waals surface area contributed by atoms with Crippen molar-refractivity contribution in [1.29, 1.82) is 5.41 Å². The van der Waals surface area contributed by atoms with E-state index in [0.717, 1.165) is 24.0 Å². The molecule has 0 unspecified atom stereocenters. The molecule has 1 saturated carbocycles. The van der Waals surface area contributed by atoms with Crippen molar-refractivity contribution in [2.45, 2.75) is 57.7 Å². The molecule has 1 aliphatic carbocycles. The van der Waals surface area contributed by atoms with Crippen molar-refractivity contribution in [3.63, 3.8) is 0 Å². The van der Waals surface area contributed by atoms with Crippen molar-refractivity contribution in [2.75, 3.05) is 0 Å². The van der Waals surface area contributed by atoms with Crippen LogP contribution in [-0.2, 0) is 32.1 Å². The first-order valence-corrected chi connectivity index (χ1v) is 12.0. The predicted octanol–water partition coefficient (Wildman–Crippen LogP) is 2.37. The minimum Gasteiger partial charge on any atom is -0.350 e.